The van der Waals surface area contributed by atoms with E-state index in [1.54, 1.807) is 42.5 Å². The standard InChI is InChI=1S/C34H31N3O6S2/c1-4-15-42-26-14-11-22(18-27(26)41-5-2)29-28(30(38)23-12-13-25-24(17-23)16-20(3)43-25)31(39)32(40)37(29)33-35-36-34(45-33)44-19-21-9-7-6-8-10-21/h4,6-14,17-18,20,29,38H,1,5,15-16,19H2,2-3H3/t20-,29-/m0/s1. The molecule has 6 rings (SSSR count). The van der Waals surface area contributed by atoms with Gasteiger partial charge in [-0.1, -0.05) is 72.2 Å². The van der Waals surface area contributed by atoms with Crippen molar-refractivity contribution < 1.29 is 28.9 Å². The molecule has 0 bridgehead atoms. The van der Waals surface area contributed by atoms with E-state index in [1.807, 2.05) is 44.2 Å². The van der Waals surface area contributed by atoms with Crippen LogP contribution in [0.3, 0.4) is 0 Å². The summed E-state index contributed by atoms with van der Waals surface area (Å²) in [5.41, 5.74) is 2.95. The molecule has 1 N–H and O–H groups in total. The lowest BCUT2D eigenvalue weighted by Gasteiger charge is -2.23. The Kier molecular flexibility index (Phi) is 8.90. The fourth-order valence-electron chi connectivity index (χ4n) is 5.38. The van der Waals surface area contributed by atoms with E-state index in [9.17, 15) is 14.7 Å². The molecule has 0 spiro atoms. The minimum Gasteiger partial charge on any atom is -0.507 e. The van der Waals surface area contributed by atoms with Crippen molar-refractivity contribution in [2.45, 2.75) is 42.5 Å². The second-order valence-electron chi connectivity index (χ2n) is 10.5. The third-order valence-electron chi connectivity index (χ3n) is 7.36. The predicted octanol–water partition coefficient (Wildman–Crippen LogP) is 6.74. The lowest BCUT2D eigenvalue weighted by atomic mass is 9.94. The van der Waals surface area contributed by atoms with Crippen molar-refractivity contribution >= 4 is 45.7 Å². The number of aliphatic hydroxyl groups excluding tert-OH is 1. The monoisotopic (exact) mass is 641 g/mol. The molecule has 1 amide bonds. The van der Waals surface area contributed by atoms with Gasteiger partial charge in [-0.2, -0.15) is 0 Å². The molecule has 0 aliphatic carbocycles. The number of benzene rings is 3. The van der Waals surface area contributed by atoms with E-state index in [2.05, 4.69) is 16.8 Å². The minimum absolute atomic E-state index is 0.00754. The highest BCUT2D eigenvalue weighted by molar-refractivity contribution is 8.00. The van der Waals surface area contributed by atoms with Crippen LogP contribution in [-0.4, -0.2) is 46.3 Å². The zero-order valence-corrected chi connectivity index (χ0v) is 26.4. The van der Waals surface area contributed by atoms with E-state index >= 15 is 0 Å². The summed E-state index contributed by atoms with van der Waals surface area (Å²) in [5.74, 6) is 0.422. The number of fused-ring (bicyclic) bond motifs is 1. The Labute approximate surface area is 269 Å². The number of thioether (sulfide) groups is 1. The Bertz CT molecular complexity index is 1790. The number of nitrogens with zero attached hydrogens (tertiary/aromatic N) is 3. The molecule has 4 aromatic rings. The Balaban J connectivity index is 1.43. The highest BCUT2D eigenvalue weighted by atomic mass is 32.2. The molecule has 1 aromatic heterocycles. The Hall–Kier alpha value is -4.61. The number of ether oxygens (including phenoxy) is 3. The minimum atomic E-state index is -0.999. The average molecular weight is 642 g/mol. The van der Waals surface area contributed by atoms with Crippen molar-refractivity contribution in [2.24, 2.45) is 0 Å². The van der Waals surface area contributed by atoms with Gasteiger partial charge in [-0.3, -0.25) is 14.5 Å². The molecule has 45 heavy (non-hydrogen) atoms. The number of hydrogen-bond acceptors (Lipinski definition) is 10. The number of aromatic nitrogens is 2. The van der Waals surface area contributed by atoms with Crippen molar-refractivity contribution in [1.82, 2.24) is 10.2 Å². The smallest absolute Gasteiger partial charge is 0.301 e. The second kappa shape index (κ2) is 13.2. The summed E-state index contributed by atoms with van der Waals surface area (Å²) in [5, 5.41) is 20.6. The number of carbonyl (C=O) groups excluding carboxylic acids is 2. The molecular weight excluding hydrogens is 611 g/mol. The van der Waals surface area contributed by atoms with E-state index in [-0.39, 0.29) is 29.2 Å². The van der Waals surface area contributed by atoms with Gasteiger partial charge in [-0.25, -0.2) is 0 Å². The third-order valence-corrected chi connectivity index (χ3v) is 9.49. The number of hydrogen-bond donors (Lipinski definition) is 1. The van der Waals surface area contributed by atoms with Gasteiger partial charge in [-0.15, -0.1) is 10.2 Å². The summed E-state index contributed by atoms with van der Waals surface area (Å²) >= 11 is 2.70. The molecule has 2 aliphatic rings. The van der Waals surface area contributed by atoms with Crippen LogP contribution in [-0.2, 0) is 21.8 Å². The van der Waals surface area contributed by atoms with Gasteiger partial charge in [0, 0.05) is 17.7 Å². The number of anilines is 1. The van der Waals surface area contributed by atoms with Crippen molar-refractivity contribution in [3.8, 4) is 17.2 Å². The molecule has 1 saturated heterocycles. The number of rotatable bonds is 11. The zero-order chi connectivity index (χ0) is 31.5. The van der Waals surface area contributed by atoms with Crippen LogP contribution < -0.4 is 19.1 Å². The van der Waals surface area contributed by atoms with Crippen LogP contribution in [0.15, 0.2) is 89.3 Å². The van der Waals surface area contributed by atoms with E-state index in [0.717, 1.165) is 16.9 Å². The number of amides is 1. The molecule has 230 valence electrons. The summed E-state index contributed by atoms with van der Waals surface area (Å²) < 4.78 is 18.1. The molecule has 2 aliphatic heterocycles. The largest absolute Gasteiger partial charge is 0.507 e. The van der Waals surface area contributed by atoms with Gasteiger partial charge in [0.25, 0.3) is 5.78 Å². The molecule has 0 unspecified atom stereocenters. The van der Waals surface area contributed by atoms with Gasteiger partial charge in [0.1, 0.15) is 24.2 Å². The van der Waals surface area contributed by atoms with Crippen LogP contribution in [0.2, 0.25) is 0 Å². The highest BCUT2D eigenvalue weighted by Crippen LogP contribution is 2.46. The van der Waals surface area contributed by atoms with E-state index in [4.69, 9.17) is 14.2 Å². The molecule has 3 heterocycles. The van der Waals surface area contributed by atoms with E-state index in [1.165, 1.54) is 28.0 Å². The molecule has 1 fully saturated rings. The van der Waals surface area contributed by atoms with Crippen molar-refractivity contribution in [3.05, 3.63) is 107 Å². The summed E-state index contributed by atoms with van der Waals surface area (Å²) in [7, 11) is 0. The van der Waals surface area contributed by atoms with Gasteiger partial charge >= 0.3 is 5.91 Å². The van der Waals surface area contributed by atoms with Crippen molar-refractivity contribution in [3.63, 3.8) is 0 Å². The molecule has 0 radical (unpaired) electrons. The number of Topliss-reactive ketones (excluding diaryl/α,β-unsaturated/α-hetero) is 1. The summed E-state index contributed by atoms with van der Waals surface area (Å²) in [6.07, 6.45) is 2.31. The van der Waals surface area contributed by atoms with Crippen molar-refractivity contribution in [1.29, 1.82) is 0 Å². The zero-order valence-electron chi connectivity index (χ0n) is 24.8. The average Bonchev–Trinajstić information content (AvgIpc) is 3.74. The van der Waals surface area contributed by atoms with Crippen LogP contribution in [0.1, 0.15) is 42.1 Å². The SMILES string of the molecule is C=CCOc1ccc([C@H]2C(=C(O)c3ccc4c(c3)C[C@H](C)O4)C(=O)C(=O)N2c2nnc(SCc3ccccc3)s2)cc1OCC. The molecule has 2 atom stereocenters. The fraction of sp³-hybridized carbons (Fsp3) is 0.235. The van der Waals surface area contributed by atoms with Crippen LogP contribution in [0.25, 0.3) is 5.76 Å². The molecule has 9 nitrogen and oxygen atoms in total. The third kappa shape index (κ3) is 6.18. The van der Waals surface area contributed by atoms with E-state index in [0.29, 0.717) is 45.7 Å². The Morgan fingerprint density at radius 3 is 2.71 bits per heavy atom. The topological polar surface area (TPSA) is 111 Å². The van der Waals surface area contributed by atoms with Gasteiger partial charge in [0.05, 0.1) is 18.2 Å². The second-order valence-corrected chi connectivity index (χ2v) is 12.7. The number of carbonyl (C=O) groups is 2. The summed E-state index contributed by atoms with van der Waals surface area (Å²) in [6.45, 7) is 8.16. The molecule has 0 saturated carbocycles. The Morgan fingerprint density at radius 2 is 1.93 bits per heavy atom. The lowest BCUT2D eigenvalue weighted by molar-refractivity contribution is -0.132. The summed E-state index contributed by atoms with van der Waals surface area (Å²) in [4.78, 5) is 28.8. The maximum absolute atomic E-state index is 13.8. The van der Waals surface area contributed by atoms with Gasteiger partial charge < -0.3 is 19.3 Å². The normalized spacial score (nSPS) is 18.5. The summed E-state index contributed by atoms with van der Waals surface area (Å²) in [6, 6.07) is 19.4. The maximum atomic E-state index is 13.8. The van der Waals surface area contributed by atoms with Crippen molar-refractivity contribution in [2.75, 3.05) is 18.1 Å². The first-order valence-electron chi connectivity index (χ1n) is 14.5. The van der Waals surface area contributed by atoms with Crippen LogP contribution in [0.4, 0.5) is 5.13 Å². The van der Waals surface area contributed by atoms with Gasteiger partial charge in [0.15, 0.2) is 15.8 Å². The molecular formula is C34H31N3O6S2. The molecule has 11 heteroatoms. The first-order valence-corrected chi connectivity index (χ1v) is 16.3. The van der Waals surface area contributed by atoms with Gasteiger partial charge in [-0.05, 0) is 60.9 Å². The Morgan fingerprint density at radius 1 is 1.11 bits per heavy atom. The van der Waals surface area contributed by atoms with E-state index < -0.39 is 17.7 Å². The fourth-order valence-corrected chi connectivity index (χ4v) is 7.20. The van der Waals surface area contributed by atoms with Crippen LogP contribution in [0, 0.1) is 0 Å². The number of ketones is 1. The van der Waals surface area contributed by atoms with Crippen LogP contribution in [0.5, 0.6) is 17.2 Å². The quantitative estimate of drug-likeness (QED) is 0.0475. The highest BCUT2D eigenvalue weighted by Gasteiger charge is 2.48. The molecule has 3 aromatic carbocycles. The lowest BCUT2D eigenvalue weighted by Crippen LogP contribution is -2.29. The predicted molar refractivity (Wildman–Crippen MR) is 174 cm³/mol. The van der Waals surface area contributed by atoms with Crippen LogP contribution >= 0.6 is 23.1 Å². The maximum Gasteiger partial charge on any atom is 0.301 e. The first kappa shape index (κ1) is 30.4. The van der Waals surface area contributed by atoms with Gasteiger partial charge in [0.2, 0.25) is 5.13 Å². The number of aliphatic hydroxyl groups is 1. The first-order chi connectivity index (χ1) is 21.9.